The van der Waals surface area contributed by atoms with Gasteiger partial charge < -0.3 is 14.8 Å². The fourth-order valence-corrected chi connectivity index (χ4v) is 3.78. The normalized spacial score (nSPS) is 19.3. The van der Waals surface area contributed by atoms with Crippen LogP contribution >= 0.6 is 0 Å². The number of carbonyl (C=O) groups is 1. The Bertz CT molecular complexity index is 1050. The summed E-state index contributed by atoms with van der Waals surface area (Å²) in [6, 6.07) is 5.66. The van der Waals surface area contributed by atoms with Gasteiger partial charge >= 0.3 is 0 Å². The Labute approximate surface area is 168 Å². The van der Waals surface area contributed by atoms with E-state index in [-0.39, 0.29) is 18.1 Å². The van der Waals surface area contributed by atoms with Crippen LogP contribution in [0.4, 0.5) is 5.69 Å². The van der Waals surface area contributed by atoms with Crippen LogP contribution in [0.3, 0.4) is 0 Å². The standard InChI is InChI=1S/C21H23N5O3/c1-28-18-11-15-14(10-16(18)25-21(27)13-5-6-13)20(23-12-22-15)17-7-8-24-26(17)19-4-2-3-9-29-19/h7-8,10-13,19H,2-6,9H2,1H3,(H,25,27). The summed E-state index contributed by atoms with van der Waals surface area (Å²) in [6.07, 6.45) is 8.21. The molecule has 29 heavy (non-hydrogen) atoms. The third-order valence-corrected chi connectivity index (χ3v) is 5.50. The molecule has 1 saturated carbocycles. The van der Waals surface area contributed by atoms with Gasteiger partial charge in [-0.2, -0.15) is 5.10 Å². The summed E-state index contributed by atoms with van der Waals surface area (Å²) >= 11 is 0. The lowest BCUT2D eigenvalue weighted by Gasteiger charge is -2.24. The Kier molecular flexibility index (Phi) is 4.63. The van der Waals surface area contributed by atoms with Gasteiger partial charge in [-0.1, -0.05) is 0 Å². The van der Waals surface area contributed by atoms with Gasteiger partial charge in [0.25, 0.3) is 0 Å². The molecule has 8 nitrogen and oxygen atoms in total. The molecule has 0 radical (unpaired) electrons. The highest BCUT2D eigenvalue weighted by Gasteiger charge is 2.30. The van der Waals surface area contributed by atoms with Crippen molar-refractivity contribution in [2.24, 2.45) is 5.92 Å². The fourth-order valence-electron chi connectivity index (χ4n) is 3.78. The van der Waals surface area contributed by atoms with Crippen LogP contribution in [0.25, 0.3) is 22.3 Å². The van der Waals surface area contributed by atoms with Crippen molar-refractivity contribution in [3.8, 4) is 17.1 Å². The number of fused-ring (bicyclic) bond motifs is 1. The monoisotopic (exact) mass is 393 g/mol. The van der Waals surface area contributed by atoms with Crippen molar-refractivity contribution in [1.82, 2.24) is 19.7 Å². The lowest BCUT2D eigenvalue weighted by molar-refractivity contribution is -0.117. The van der Waals surface area contributed by atoms with E-state index in [0.717, 1.165) is 61.0 Å². The van der Waals surface area contributed by atoms with Crippen LogP contribution in [0.15, 0.2) is 30.7 Å². The number of amides is 1. The third kappa shape index (κ3) is 3.44. The summed E-state index contributed by atoms with van der Waals surface area (Å²) in [5.74, 6) is 0.716. The molecule has 1 atom stereocenters. The summed E-state index contributed by atoms with van der Waals surface area (Å²) in [4.78, 5) is 21.3. The van der Waals surface area contributed by atoms with Gasteiger partial charge in [-0.25, -0.2) is 14.6 Å². The minimum absolute atomic E-state index is 0.0293. The van der Waals surface area contributed by atoms with Crippen LogP contribution in [0.2, 0.25) is 0 Å². The Morgan fingerprint density at radius 3 is 2.90 bits per heavy atom. The second kappa shape index (κ2) is 7.44. The maximum Gasteiger partial charge on any atom is 0.227 e. The van der Waals surface area contributed by atoms with E-state index in [1.165, 1.54) is 0 Å². The molecule has 1 saturated heterocycles. The van der Waals surface area contributed by atoms with Crippen molar-refractivity contribution in [3.63, 3.8) is 0 Å². The largest absolute Gasteiger partial charge is 0.494 e. The average Bonchev–Trinajstić information content (AvgIpc) is 3.50. The Morgan fingerprint density at radius 1 is 1.24 bits per heavy atom. The minimum atomic E-state index is -0.0916. The number of anilines is 1. The molecule has 2 aliphatic rings. The van der Waals surface area contributed by atoms with Crippen LogP contribution in [0.5, 0.6) is 5.75 Å². The van der Waals surface area contributed by atoms with E-state index in [1.807, 2.05) is 22.9 Å². The zero-order valence-electron chi connectivity index (χ0n) is 16.3. The smallest absolute Gasteiger partial charge is 0.227 e. The molecule has 0 spiro atoms. The molecule has 8 heteroatoms. The van der Waals surface area contributed by atoms with Gasteiger partial charge in [0.1, 0.15) is 12.1 Å². The van der Waals surface area contributed by atoms with Gasteiger partial charge in [0, 0.05) is 30.2 Å². The first-order chi connectivity index (χ1) is 14.2. The molecule has 1 N–H and O–H groups in total. The average molecular weight is 393 g/mol. The molecule has 3 aromatic rings. The number of hydrogen-bond acceptors (Lipinski definition) is 6. The molecule has 0 bridgehead atoms. The first kappa shape index (κ1) is 18.1. The molecule has 3 heterocycles. The van der Waals surface area contributed by atoms with E-state index in [9.17, 15) is 4.79 Å². The summed E-state index contributed by atoms with van der Waals surface area (Å²) in [6.45, 7) is 0.739. The van der Waals surface area contributed by atoms with Crippen molar-refractivity contribution < 1.29 is 14.3 Å². The lowest BCUT2D eigenvalue weighted by atomic mass is 10.1. The predicted octanol–water partition coefficient (Wildman–Crippen LogP) is 3.55. The first-order valence-corrected chi connectivity index (χ1v) is 10.0. The van der Waals surface area contributed by atoms with Crippen molar-refractivity contribution >= 4 is 22.5 Å². The van der Waals surface area contributed by atoms with Crippen molar-refractivity contribution in [2.75, 3.05) is 19.0 Å². The summed E-state index contributed by atoms with van der Waals surface area (Å²) in [7, 11) is 1.59. The second-order valence-corrected chi connectivity index (χ2v) is 7.54. The van der Waals surface area contributed by atoms with E-state index in [0.29, 0.717) is 11.4 Å². The number of carbonyl (C=O) groups excluding carboxylic acids is 1. The van der Waals surface area contributed by atoms with Crippen LogP contribution in [-0.4, -0.2) is 39.4 Å². The molecule has 2 fully saturated rings. The first-order valence-electron chi connectivity index (χ1n) is 10.0. The number of nitrogens with zero attached hydrogens (tertiary/aromatic N) is 4. The molecule has 2 aromatic heterocycles. The summed E-state index contributed by atoms with van der Waals surface area (Å²) in [5, 5.41) is 8.33. The van der Waals surface area contributed by atoms with Gasteiger partial charge in [-0.3, -0.25) is 4.79 Å². The number of benzene rings is 1. The van der Waals surface area contributed by atoms with E-state index >= 15 is 0 Å². The maximum absolute atomic E-state index is 12.3. The molecule has 1 unspecified atom stereocenters. The van der Waals surface area contributed by atoms with Gasteiger partial charge in [0.15, 0.2) is 6.23 Å². The maximum atomic E-state index is 12.3. The molecule has 1 aliphatic heterocycles. The molecule has 1 amide bonds. The van der Waals surface area contributed by atoms with Crippen molar-refractivity contribution in [1.29, 1.82) is 0 Å². The molecule has 5 rings (SSSR count). The highest BCUT2D eigenvalue weighted by Crippen LogP contribution is 2.37. The van der Waals surface area contributed by atoms with Gasteiger partial charge in [-0.15, -0.1) is 0 Å². The Balaban J connectivity index is 1.59. The van der Waals surface area contributed by atoms with Crippen LogP contribution in [0.1, 0.15) is 38.3 Å². The molecular weight excluding hydrogens is 370 g/mol. The highest BCUT2D eigenvalue weighted by atomic mass is 16.5. The van der Waals surface area contributed by atoms with E-state index < -0.39 is 0 Å². The van der Waals surface area contributed by atoms with Crippen LogP contribution in [-0.2, 0) is 9.53 Å². The fraction of sp³-hybridized carbons (Fsp3) is 0.429. The number of hydrogen-bond donors (Lipinski definition) is 1. The molecule has 1 aliphatic carbocycles. The molecular formula is C21H23N5O3. The number of aromatic nitrogens is 4. The van der Waals surface area contributed by atoms with Crippen LogP contribution < -0.4 is 10.1 Å². The van der Waals surface area contributed by atoms with Gasteiger partial charge in [0.2, 0.25) is 5.91 Å². The summed E-state index contributed by atoms with van der Waals surface area (Å²) < 4.78 is 13.3. The van der Waals surface area contributed by atoms with Gasteiger partial charge in [-0.05, 0) is 44.2 Å². The van der Waals surface area contributed by atoms with Crippen molar-refractivity contribution in [3.05, 3.63) is 30.7 Å². The SMILES string of the molecule is COc1cc2ncnc(-c3ccnn3C3CCCCO3)c2cc1NC(=O)C1CC1. The predicted molar refractivity (Wildman–Crippen MR) is 108 cm³/mol. The van der Waals surface area contributed by atoms with Gasteiger partial charge in [0.05, 0.1) is 29.7 Å². The third-order valence-electron chi connectivity index (χ3n) is 5.50. The lowest BCUT2D eigenvalue weighted by Crippen LogP contribution is -2.20. The minimum Gasteiger partial charge on any atom is -0.494 e. The molecule has 1 aromatic carbocycles. The quantitative estimate of drug-likeness (QED) is 0.713. The number of nitrogens with one attached hydrogen (secondary N) is 1. The molecule has 150 valence electrons. The second-order valence-electron chi connectivity index (χ2n) is 7.54. The number of methoxy groups -OCH3 is 1. The number of ether oxygens (including phenoxy) is 2. The summed E-state index contributed by atoms with van der Waals surface area (Å²) in [5.41, 5.74) is 3.00. The highest BCUT2D eigenvalue weighted by molar-refractivity contribution is 6.01. The van der Waals surface area contributed by atoms with E-state index in [2.05, 4.69) is 20.4 Å². The Morgan fingerprint density at radius 2 is 2.14 bits per heavy atom. The van der Waals surface area contributed by atoms with E-state index in [1.54, 1.807) is 19.6 Å². The Hall–Kier alpha value is -3.00. The zero-order chi connectivity index (χ0) is 19.8. The van der Waals surface area contributed by atoms with Crippen molar-refractivity contribution in [2.45, 2.75) is 38.3 Å². The van der Waals surface area contributed by atoms with E-state index in [4.69, 9.17) is 9.47 Å². The number of rotatable bonds is 5. The van der Waals surface area contributed by atoms with Crippen LogP contribution in [0, 0.1) is 5.92 Å². The zero-order valence-corrected chi connectivity index (χ0v) is 16.3. The topological polar surface area (TPSA) is 91.2 Å².